The van der Waals surface area contributed by atoms with Crippen molar-refractivity contribution in [1.29, 1.82) is 0 Å². The van der Waals surface area contributed by atoms with Crippen molar-refractivity contribution in [2.75, 3.05) is 45.2 Å². The number of anilines is 1. The zero-order chi connectivity index (χ0) is 16.9. The molecule has 0 saturated carbocycles. The first kappa shape index (κ1) is 16.9. The lowest BCUT2D eigenvalue weighted by atomic mass is 10.1. The van der Waals surface area contributed by atoms with Gasteiger partial charge in [-0.1, -0.05) is 12.1 Å². The van der Waals surface area contributed by atoms with E-state index in [-0.39, 0.29) is 11.7 Å². The van der Waals surface area contributed by atoms with Gasteiger partial charge in [0, 0.05) is 19.7 Å². The molecule has 1 fully saturated rings. The van der Waals surface area contributed by atoms with Gasteiger partial charge >= 0.3 is 5.63 Å². The second kappa shape index (κ2) is 7.77. The van der Waals surface area contributed by atoms with E-state index >= 15 is 0 Å². The van der Waals surface area contributed by atoms with Crippen LogP contribution in [0.15, 0.2) is 33.5 Å². The summed E-state index contributed by atoms with van der Waals surface area (Å²) in [6.07, 6.45) is 3.14. The maximum atomic E-state index is 12.2. The number of nitrogens with zero attached hydrogens (tertiary/aromatic N) is 3. The molecule has 0 radical (unpaired) electrons. The van der Waals surface area contributed by atoms with Crippen molar-refractivity contribution in [1.82, 2.24) is 9.88 Å². The standard InChI is InChI=1S/C18H25N3O3/c1-20(2)10-5-13-23-14-8-11-21(12-9-14)17-18(22)24-16-7-4-3-6-15(16)19-17/h3-4,6-7,14H,5,8-13H2,1-2H3. The first-order valence-electron chi connectivity index (χ1n) is 8.54. The summed E-state index contributed by atoms with van der Waals surface area (Å²) in [5, 5.41) is 0. The van der Waals surface area contributed by atoms with Crippen molar-refractivity contribution < 1.29 is 9.15 Å². The fraction of sp³-hybridized carbons (Fsp3) is 0.556. The van der Waals surface area contributed by atoms with Gasteiger partial charge in [0.15, 0.2) is 5.58 Å². The molecule has 1 saturated heterocycles. The molecule has 0 unspecified atom stereocenters. The number of ether oxygens (including phenoxy) is 1. The minimum atomic E-state index is -0.362. The first-order valence-corrected chi connectivity index (χ1v) is 8.54. The van der Waals surface area contributed by atoms with Gasteiger partial charge in [-0.15, -0.1) is 0 Å². The molecule has 1 aromatic carbocycles. The van der Waals surface area contributed by atoms with E-state index in [4.69, 9.17) is 9.15 Å². The van der Waals surface area contributed by atoms with Crippen molar-refractivity contribution in [3.63, 3.8) is 0 Å². The maximum Gasteiger partial charge on any atom is 0.379 e. The van der Waals surface area contributed by atoms with Crippen LogP contribution in [0.25, 0.3) is 11.1 Å². The predicted octanol–water partition coefficient (Wildman–Crippen LogP) is 2.13. The lowest BCUT2D eigenvalue weighted by Gasteiger charge is -2.32. The number of aromatic nitrogens is 1. The molecular formula is C18H25N3O3. The van der Waals surface area contributed by atoms with Gasteiger partial charge in [-0.2, -0.15) is 0 Å². The number of piperidine rings is 1. The minimum absolute atomic E-state index is 0.274. The fourth-order valence-electron chi connectivity index (χ4n) is 3.01. The number of benzene rings is 1. The van der Waals surface area contributed by atoms with Gasteiger partial charge in [0.2, 0.25) is 5.82 Å². The molecule has 1 aliphatic heterocycles. The van der Waals surface area contributed by atoms with E-state index < -0.39 is 0 Å². The Labute approximate surface area is 142 Å². The van der Waals surface area contributed by atoms with Crippen LogP contribution in [0.5, 0.6) is 0 Å². The minimum Gasteiger partial charge on any atom is -0.418 e. The molecule has 0 bridgehead atoms. The molecule has 0 N–H and O–H groups in total. The average molecular weight is 331 g/mol. The van der Waals surface area contributed by atoms with E-state index in [1.807, 2.05) is 23.1 Å². The van der Waals surface area contributed by atoms with Crippen LogP contribution in [0.3, 0.4) is 0 Å². The molecular weight excluding hydrogens is 306 g/mol. The molecule has 1 aliphatic rings. The Morgan fingerprint density at radius 3 is 2.79 bits per heavy atom. The third kappa shape index (κ3) is 4.13. The molecule has 0 amide bonds. The Morgan fingerprint density at radius 2 is 2.04 bits per heavy atom. The topological polar surface area (TPSA) is 58.8 Å². The summed E-state index contributed by atoms with van der Waals surface area (Å²) in [4.78, 5) is 20.8. The van der Waals surface area contributed by atoms with E-state index in [1.165, 1.54) is 0 Å². The van der Waals surface area contributed by atoms with Crippen LogP contribution >= 0.6 is 0 Å². The Hall–Kier alpha value is -1.92. The number of para-hydroxylation sites is 2. The molecule has 0 spiro atoms. The summed E-state index contributed by atoms with van der Waals surface area (Å²) in [7, 11) is 4.14. The lowest BCUT2D eigenvalue weighted by Crippen LogP contribution is -2.40. The van der Waals surface area contributed by atoms with E-state index in [2.05, 4.69) is 24.0 Å². The quantitative estimate of drug-likeness (QED) is 0.756. The van der Waals surface area contributed by atoms with Crippen LogP contribution in [0.1, 0.15) is 19.3 Å². The van der Waals surface area contributed by atoms with Gasteiger partial charge in [-0.3, -0.25) is 0 Å². The zero-order valence-corrected chi connectivity index (χ0v) is 14.4. The summed E-state index contributed by atoms with van der Waals surface area (Å²) >= 11 is 0. The average Bonchev–Trinajstić information content (AvgIpc) is 2.58. The van der Waals surface area contributed by atoms with Gasteiger partial charge < -0.3 is 19.0 Å². The molecule has 6 heteroatoms. The Kier molecular flexibility index (Phi) is 5.48. The second-order valence-corrected chi connectivity index (χ2v) is 6.51. The van der Waals surface area contributed by atoms with Crippen LogP contribution in [-0.4, -0.2) is 56.3 Å². The van der Waals surface area contributed by atoms with Gasteiger partial charge in [-0.05, 0) is 52.0 Å². The molecule has 2 aromatic rings. The Bertz CT molecular complexity index is 721. The summed E-state index contributed by atoms with van der Waals surface area (Å²) in [5.41, 5.74) is 0.888. The smallest absolute Gasteiger partial charge is 0.379 e. The summed E-state index contributed by atoms with van der Waals surface area (Å²) in [6, 6.07) is 7.36. The molecule has 0 atom stereocenters. The normalized spacial score (nSPS) is 16.2. The molecule has 1 aromatic heterocycles. The number of hydrogen-bond donors (Lipinski definition) is 0. The van der Waals surface area contributed by atoms with Crippen molar-refractivity contribution in [3.8, 4) is 0 Å². The summed E-state index contributed by atoms with van der Waals surface area (Å²) in [6.45, 7) is 3.38. The highest BCUT2D eigenvalue weighted by Gasteiger charge is 2.23. The highest BCUT2D eigenvalue weighted by Crippen LogP contribution is 2.19. The third-order valence-corrected chi connectivity index (χ3v) is 4.32. The maximum absolute atomic E-state index is 12.2. The van der Waals surface area contributed by atoms with Crippen LogP contribution in [-0.2, 0) is 4.74 Å². The fourth-order valence-corrected chi connectivity index (χ4v) is 3.01. The Balaban J connectivity index is 1.57. The highest BCUT2D eigenvalue weighted by atomic mass is 16.5. The third-order valence-electron chi connectivity index (χ3n) is 4.32. The number of rotatable bonds is 6. The van der Waals surface area contributed by atoms with Crippen molar-refractivity contribution in [2.24, 2.45) is 0 Å². The van der Waals surface area contributed by atoms with Crippen LogP contribution in [0.4, 0.5) is 5.82 Å². The first-order chi connectivity index (χ1) is 11.6. The molecule has 3 rings (SSSR count). The SMILES string of the molecule is CN(C)CCCOC1CCN(c2nc3ccccc3oc2=O)CC1. The second-order valence-electron chi connectivity index (χ2n) is 6.51. The van der Waals surface area contributed by atoms with Gasteiger partial charge in [0.1, 0.15) is 5.52 Å². The van der Waals surface area contributed by atoms with Crippen molar-refractivity contribution in [2.45, 2.75) is 25.4 Å². The Morgan fingerprint density at radius 1 is 1.29 bits per heavy atom. The van der Waals surface area contributed by atoms with Gasteiger partial charge in [0.05, 0.1) is 6.10 Å². The van der Waals surface area contributed by atoms with Crippen LogP contribution < -0.4 is 10.5 Å². The highest BCUT2D eigenvalue weighted by molar-refractivity contribution is 5.73. The lowest BCUT2D eigenvalue weighted by molar-refractivity contribution is 0.0331. The molecule has 0 aliphatic carbocycles. The molecule has 24 heavy (non-hydrogen) atoms. The van der Waals surface area contributed by atoms with E-state index in [0.717, 1.165) is 45.5 Å². The number of fused-ring (bicyclic) bond motifs is 1. The molecule has 6 nitrogen and oxygen atoms in total. The van der Waals surface area contributed by atoms with Crippen molar-refractivity contribution in [3.05, 3.63) is 34.7 Å². The van der Waals surface area contributed by atoms with Crippen LogP contribution in [0, 0.1) is 0 Å². The van der Waals surface area contributed by atoms with E-state index in [1.54, 1.807) is 6.07 Å². The van der Waals surface area contributed by atoms with Crippen LogP contribution in [0.2, 0.25) is 0 Å². The predicted molar refractivity (Wildman–Crippen MR) is 94.6 cm³/mol. The number of hydrogen-bond acceptors (Lipinski definition) is 6. The summed E-state index contributed by atoms with van der Waals surface area (Å²) < 4.78 is 11.3. The largest absolute Gasteiger partial charge is 0.418 e. The zero-order valence-electron chi connectivity index (χ0n) is 14.4. The van der Waals surface area contributed by atoms with Gasteiger partial charge in [0.25, 0.3) is 0 Å². The molecule has 2 heterocycles. The molecule has 130 valence electrons. The summed E-state index contributed by atoms with van der Waals surface area (Å²) in [5.74, 6) is 0.416. The van der Waals surface area contributed by atoms with E-state index in [0.29, 0.717) is 16.9 Å². The van der Waals surface area contributed by atoms with Crippen molar-refractivity contribution >= 4 is 16.9 Å². The monoisotopic (exact) mass is 331 g/mol. The van der Waals surface area contributed by atoms with E-state index in [9.17, 15) is 4.79 Å². The van der Waals surface area contributed by atoms with Gasteiger partial charge in [-0.25, -0.2) is 9.78 Å².